The lowest BCUT2D eigenvalue weighted by atomic mass is 10.1. The summed E-state index contributed by atoms with van der Waals surface area (Å²) in [6.45, 7) is 1.77. The van der Waals surface area contributed by atoms with E-state index in [1.54, 1.807) is 31.2 Å². The number of carbonyl (C=O) groups is 1. The van der Waals surface area contributed by atoms with E-state index < -0.39 is 17.5 Å². The van der Waals surface area contributed by atoms with Gasteiger partial charge in [0.1, 0.15) is 11.6 Å². The molecule has 3 nitrogen and oxygen atoms in total. The van der Waals surface area contributed by atoms with Gasteiger partial charge in [0.05, 0.1) is 0 Å². The van der Waals surface area contributed by atoms with Crippen LogP contribution in [0.25, 0.3) is 0 Å². The lowest BCUT2D eigenvalue weighted by Gasteiger charge is -2.16. The van der Waals surface area contributed by atoms with E-state index in [1.807, 2.05) is 0 Å². The van der Waals surface area contributed by atoms with E-state index in [9.17, 15) is 13.6 Å². The van der Waals surface area contributed by atoms with Gasteiger partial charge >= 0.3 is 0 Å². The third-order valence-electron chi connectivity index (χ3n) is 2.92. The number of benzene rings is 2. The third kappa shape index (κ3) is 3.32. The Balaban J connectivity index is 2.20. The lowest BCUT2D eigenvalue weighted by molar-refractivity contribution is 0.100. The summed E-state index contributed by atoms with van der Waals surface area (Å²) in [5, 5.41) is 3.07. The van der Waals surface area contributed by atoms with Crippen molar-refractivity contribution in [3.8, 4) is 0 Å². The maximum atomic E-state index is 13.2. The molecule has 0 aromatic heterocycles. The number of hydrogen-bond donors (Lipinski definition) is 2. The van der Waals surface area contributed by atoms with Gasteiger partial charge in [-0.15, -0.1) is 0 Å². The van der Waals surface area contributed by atoms with E-state index in [4.69, 9.17) is 5.73 Å². The molecule has 104 valence electrons. The molecule has 0 radical (unpaired) electrons. The van der Waals surface area contributed by atoms with E-state index in [0.717, 1.165) is 6.07 Å². The van der Waals surface area contributed by atoms with Gasteiger partial charge in [-0.2, -0.15) is 0 Å². The maximum absolute atomic E-state index is 13.2. The second-order valence-electron chi connectivity index (χ2n) is 4.51. The zero-order valence-corrected chi connectivity index (χ0v) is 10.9. The standard InChI is InChI=1S/C15H14F2N2O/c1-9(11-5-12(16)8-13(17)6-11)19-14-4-2-3-10(7-14)15(18)20/h2-9,19H,1H3,(H2,18,20). The van der Waals surface area contributed by atoms with Crippen LogP contribution in [-0.2, 0) is 0 Å². The zero-order valence-electron chi connectivity index (χ0n) is 10.9. The van der Waals surface area contributed by atoms with E-state index in [2.05, 4.69) is 5.32 Å². The fraction of sp³-hybridized carbons (Fsp3) is 0.133. The van der Waals surface area contributed by atoms with Gasteiger partial charge in [-0.05, 0) is 42.8 Å². The summed E-state index contributed by atoms with van der Waals surface area (Å²) in [5.74, 6) is -1.78. The van der Waals surface area contributed by atoms with E-state index in [1.165, 1.54) is 12.1 Å². The molecular formula is C15H14F2N2O. The predicted octanol–water partition coefficient (Wildman–Crippen LogP) is 3.24. The Kier molecular flexibility index (Phi) is 3.98. The Labute approximate surface area is 115 Å². The number of halogens is 2. The molecule has 1 unspecified atom stereocenters. The molecule has 1 amide bonds. The number of hydrogen-bond acceptors (Lipinski definition) is 2. The van der Waals surface area contributed by atoms with Crippen LogP contribution in [0.2, 0.25) is 0 Å². The van der Waals surface area contributed by atoms with Gasteiger partial charge in [0, 0.05) is 23.4 Å². The van der Waals surface area contributed by atoms with Gasteiger partial charge in [-0.1, -0.05) is 6.07 Å². The van der Waals surface area contributed by atoms with Crippen molar-refractivity contribution in [1.82, 2.24) is 0 Å². The first-order valence-electron chi connectivity index (χ1n) is 6.08. The quantitative estimate of drug-likeness (QED) is 0.900. The van der Waals surface area contributed by atoms with Crippen molar-refractivity contribution in [2.45, 2.75) is 13.0 Å². The molecular weight excluding hydrogens is 262 g/mol. The Morgan fingerprint density at radius 2 is 1.80 bits per heavy atom. The summed E-state index contributed by atoms with van der Waals surface area (Å²) in [5.41, 5.74) is 6.70. The van der Waals surface area contributed by atoms with Crippen LogP contribution in [0.1, 0.15) is 28.9 Å². The van der Waals surface area contributed by atoms with Crippen LogP contribution in [0.5, 0.6) is 0 Å². The normalized spacial score (nSPS) is 11.9. The molecule has 0 aliphatic heterocycles. The molecule has 0 aliphatic rings. The maximum Gasteiger partial charge on any atom is 0.248 e. The summed E-state index contributed by atoms with van der Waals surface area (Å²) in [4.78, 5) is 11.1. The second-order valence-corrected chi connectivity index (χ2v) is 4.51. The van der Waals surface area contributed by atoms with Crippen molar-refractivity contribution in [1.29, 1.82) is 0 Å². The lowest BCUT2D eigenvalue weighted by Crippen LogP contribution is -2.12. The minimum atomic E-state index is -0.625. The first-order chi connectivity index (χ1) is 9.45. The van der Waals surface area contributed by atoms with Crippen molar-refractivity contribution >= 4 is 11.6 Å². The van der Waals surface area contributed by atoms with E-state index >= 15 is 0 Å². The van der Waals surface area contributed by atoms with Crippen molar-refractivity contribution in [3.63, 3.8) is 0 Å². The predicted molar refractivity (Wildman–Crippen MR) is 73.4 cm³/mol. The molecule has 0 aliphatic carbocycles. The Morgan fingerprint density at radius 3 is 2.40 bits per heavy atom. The highest BCUT2D eigenvalue weighted by Gasteiger charge is 2.09. The minimum Gasteiger partial charge on any atom is -0.378 e. The summed E-state index contributed by atoms with van der Waals surface area (Å²) < 4.78 is 26.3. The van der Waals surface area contributed by atoms with E-state index in [-0.39, 0.29) is 6.04 Å². The van der Waals surface area contributed by atoms with Crippen LogP contribution >= 0.6 is 0 Å². The van der Waals surface area contributed by atoms with Crippen LogP contribution in [0.3, 0.4) is 0 Å². The van der Waals surface area contributed by atoms with Crippen LogP contribution in [0, 0.1) is 11.6 Å². The van der Waals surface area contributed by atoms with Gasteiger partial charge in [0.15, 0.2) is 0 Å². The number of anilines is 1. The van der Waals surface area contributed by atoms with Crippen molar-refractivity contribution < 1.29 is 13.6 Å². The number of rotatable bonds is 4. The molecule has 0 bridgehead atoms. The number of nitrogens with one attached hydrogen (secondary N) is 1. The SMILES string of the molecule is CC(Nc1cccc(C(N)=O)c1)c1cc(F)cc(F)c1. The average molecular weight is 276 g/mol. The molecule has 5 heteroatoms. The van der Waals surface area contributed by atoms with Crippen molar-refractivity contribution in [3.05, 3.63) is 65.2 Å². The third-order valence-corrected chi connectivity index (χ3v) is 2.92. The monoisotopic (exact) mass is 276 g/mol. The fourth-order valence-corrected chi connectivity index (χ4v) is 1.92. The van der Waals surface area contributed by atoms with Crippen LogP contribution in [0.4, 0.5) is 14.5 Å². The molecule has 1 atom stereocenters. The molecule has 20 heavy (non-hydrogen) atoms. The Morgan fingerprint density at radius 1 is 1.15 bits per heavy atom. The Bertz CT molecular complexity index is 623. The Hall–Kier alpha value is -2.43. The van der Waals surface area contributed by atoms with Gasteiger partial charge in [-0.25, -0.2) is 8.78 Å². The molecule has 3 N–H and O–H groups in total. The topological polar surface area (TPSA) is 55.1 Å². The number of carbonyl (C=O) groups excluding carboxylic acids is 1. The summed E-state index contributed by atoms with van der Waals surface area (Å²) in [6, 6.07) is 9.65. The summed E-state index contributed by atoms with van der Waals surface area (Å²) in [6.07, 6.45) is 0. The first kappa shape index (κ1) is 14.0. The van der Waals surface area contributed by atoms with Gasteiger partial charge in [0.25, 0.3) is 0 Å². The largest absolute Gasteiger partial charge is 0.378 e. The highest BCUT2D eigenvalue weighted by molar-refractivity contribution is 5.93. The zero-order chi connectivity index (χ0) is 14.7. The second kappa shape index (κ2) is 5.69. The summed E-state index contributed by atoms with van der Waals surface area (Å²) >= 11 is 0. The molecule has 2 aromatic rings. The molecule has 0 saturated heterocycles. The van der Waals surface area contributed by atoms with Crippen LogP contribution in [-0.4, -0.2) is 5.91 Å². The van der Waals surface area contributed by atoms with E-state index in [0.29, 0.717) is 16.8 Å². The van der Waals surface area contributed by atoms with Gasteiger partial charge < -0.3 is 11.1 Å². The highest BCUT2D eigenvalue weighted by Crippen LogP contribution is 2.21. The van der Waals surface area contributed by atoms with Gasteiger partial charge in [-0.3, -0.25) is 4.79 Å². The molecule has 0 spiro atoms. The first-order valence-corrected chi connectivity index (χ1v) is 6.08. The summed E-state index contributed by atoms with van der Waals surface area (Å²) in [7, 11) is 0. The van der Waals surface area contributed by atoms with Crippen molar-refractivity contribution in [2.75, 3.05) is 5.32 Å². The minimum absolute atomic E-state index is 0.316. The van der Waals surface area contributed by atoms with Crippen molar-refractivity contribution in [2.24, 2.45) is 5.73 Å². The molecule has 2 aromatic carbocycles. The molecule has 0 heterocycles. The molecule has 2 rings (SSSR count). The number of primary amides is 1. The molecule has 0 saturated carbocycles. The fourth-order valence-electron chi connectivity index (χ4n) is 1.92. The average Bonchev–Trinajstić information content (AvgIpc) is 2.37. The van der Waals surface area contributed by atoms with Gasteiger partial charge in [0.2, 0.25) is 5.91 Å². The highest BCUT2D eigenvalue weighted by atomic mass is 19.1. The number of amides is 1. The smallest absolute Gasteiger partial charge is 0.248 e. The molecule has 0 fully saturated rings. The number of nitrogens with two attached hydrogens (primary N) is 1. The van der Waals surface area contributed by atoms with Crippen LogP contribution < -0.4 is 11.1 Å². The van der Waals surface area contributed by atoms with Crippen LogP contribution in [0.15, 0.2) is 42.5 Å².